The van der Waals surface area contributed by atoms with Crippen LogP contribution in [0.5, 0.6) is 5.75 Å². The molecular formula is C11H11BrO. The first-order valence-corrected chi connectivity index (χ1v) is 4.81. The first kappa shape index (κ1) is 10.1. The molecule has 0 atom stereocenters. The van der Waals surface area contributed by atoms with Gasteiger partial charge in [0, 0.05) is 15.9 Å². The minimum absolute atomic E-state index is 0.425. The third-order valence-electron chi connectivity index (χ3n) is 1.57. The van der Waals surface area contributed by atoms with Gasteiger partial charge in [-0.05, 0) is 47.9 Å². The third kappa shape index (κ3) is 3.52. The molecule has 13 heavy (non-hydrogen) atoms. The maximum Gasteiger partial charge on any atom is 0.149 e. The summed E-state index contributed by atoms with van der Waals surface area (Å²) in [6.07, 6.45) is 0. The summed E-state index contributed by atoms with van der Waals surface area (Å²) in [7, 11) is 0. The molecule has 0 radical (unpaired) electrons. The summed E-state index contributed by atoms with van der Waals surface area (Å²) in [6, 6.07) is 6.12. The van der Waals surface area contributed by atoms with Gasteiger partial charge in [0.25, 0.3) is 0 Å². The molecule has 0 spiro atoms. The lowest BCUT2D eigenvalue weighted by Crippen LogP contribution is -1.94. The predicted octanol–water partition coefficient (Wildman–Crippen LogP) is 3.04. The zero-order chi connectivity index (χ0) is 9.68. The average molecular weight is 239 g/mol. The topological polar surface area (TPSA) is 9.23 Å². The maximum absolute atomic E-state index is 5.40. The van der Waals surface area contributed by atoms with Gasteiger partial charge in [-0.2, -0.15) is 0 Å². The lowest BCUT2D eigenvalue weighted by Gasteiger charge is -2.04. The molecule has 2 heteroatoms. The molecule has 1 rings (SSSR count). The monoisotopic (exact) mass is 238 g/mol. The van der Waals surface area contributed by atoms with Crippen LogP contribution in [0.3, 0.4) is 0 Å². The lowest BCUT2D eigenvalue weighted by molar-refractivity contribution is 0.370. The predicted molar refractivity (Wildman–Crippen MR) is 58.1 cm³/mol. The molecule has 0 fully saturated rings. The molecule has 0 N–H and O–H groups in total. The van der Waals surface area contributed by atoms with Gasteiger partial charge in [0.15, 0.2) is 0 Å². The number of halogens is 1. The summed E-state index contributed by atoms with van der Waals surface area (Å²) in [5.41, 5.74) is 2.42. The first-order valence-electron chi connectivity index (χ1n) is 4.02. The maximum atomic E-state index is 5.40. The van der Waals surface area contributed by atoms with Crippen molar-refractivity contribution in [1.82, 2.24) is 0 Å². The largest absolute Gasteiger partial charge is 0.481 e. The standard InChI is InChI=1S/C11H11BrO/c1-9-6-10(2)8-11(7-9)13-5-3-4-12/h6-8H,5H2,1-2H3. The zero-order valence-electron chi connectivity index (χ0n) is 7.73. The first-order chi connectivity index (χ1) is 6.22. The number of hydrogen-bond acceptors (Lipinski definition) is 1. The Morgan fingerprint density at radius 3 is 2.38 bits per heavy atom. The molecule has 0 heterocycles. The van der Waals surface area contributed by atoms with Crippen LogP contribution in [-0.4, -0.2) is 6.61 Å². The number of rotatable bonds is 2. The van der Waals surface area contributed by atoms with Crippen LogP contribution in [0.15, 0.2) is 18.2 Å². The van der Waals surface area contributed by atoms with Gasteiger partial charge in [0.05, 0.1) is 0 Å². The van der Waals surface area contributed by atoms with Gasteiger partial charge in [0.1, 0.15) is 12.4 Å². The Hall–Kier alpha value is -0.940. The Morgan fingerprint density at radius 1 is 1.23 bits per heavy atom. The van der Waals surface area contributed by atoms with Crippen molar-refractivity contribution >= 4 is 15.9 Å². The molecule has 0 aromatic heterocycles. The summed E-state index contributed by atoms with van der Waals surface area (Å²) in [6.45, 7) is 4.53. The second-order valence-corrected chi connectivity index (χ2v) is 3.28. The van der Waals surface area contributed by atoms with Crippen LogP contribution in [0.1, 0.15) is 11.1 Å². The van der Waals surface area contributed by atoms with Gasteiger partial charge >= 0.3 is 0 Å². The minimum atomic E-state index is 0.425. The number of aryl methyl sites for hydroxylation is 2. The van der Waals surface area contributed by atoms with E-state index in [9.17, 15) is 0 Å². The van der Waals surface area contributed by atoms with Gasteiger partial charge in [-0.3, -0.25) is 0 Å². The van der Waals surface area contributed by atoms with E-state index in [0.717, 1.165) is 5.75 Å². The van der Waals surface area contributed by atoms with Crippen molar-refractivity contribution in [2.75, 3.05) is 6.61 Å². The molecule has 0 saturated heterocycles. The lowest BCUT2D eigenvalue weighted by atomic mass is 10.1. The second kappa shape index (κ2) is 4.94. The van der Waals surface area contributed by atoms with Crippen LogP contribution >= 0.6 is 15.9 Å². The SMILES string of the molecule is Cc1cc(C)cc(OCC#CBr)c1. The molecule has 0 unspecified atom stereocenters. The van der Waals surface area contributed by atoms with Crippen molar-refractivity contribution in [3.8, 4) is 16.5 Å². The summed E-state index contributed by atoms with van der Waals surface area (Å²) in [5.74, 6) is 3.66. The van der Waals surface area contributed by atoms with Gasteiger partial charge in [-0.25, -0.2) is 0 Å². The Kier molecular flexibility index (Phi) is 3.85. The van der Waals surface area contributed by atoms with Gasteiger partial charge < -0.3 is 4.74 Å². The van der Waals surface area contributed by atoms with Crippen LogP contribution in [0, 0.1) is 24.6 Å². The smallest absolute Gasteiger partial charge is 0.149 e. The summed E-state index contributed by atoms with van der Waals surface area (Å²) >= 11 is 3.01. The highest BCUT2D eigenvalue weighted by Crippen LogP contribution is 2.15. The van der Waals surface area contributed by atoms with E-state index in [1.807, 2.05) is 12.1 Å². The molecular weight excluding hydrogens is 228 g/mol. The van der Waals surface area contributed by atoms with E-state index in [2.05, 4.69) is 46.6 Å². The summed E-state index contributed by atoms with van der Waals surface area (Å²) in [5, 5.41) is 0. The van der Waals surface area contributed by atoms with Gasteiger partial charge in [-0.15, -0.1) is 0 Å². The van der Waals surface area contributed by atoms with Crippen LogP contribution in [0.2, 0.25) is 0 Å². The molecule has 1 aromatic rings. The van der Waals surface area contributed by atoms with Crippen molar-refractivity contribution < 1.29 is 4.74 Å². The Bertz CT molecular complexity index is 327. The molecule has 1 nitrogen and oxygen atoms in total. The fourth-order valence-electron chi connectivity index (χ4n) is 1.16. The van der Waals surface area contributed by atoms with E-state index in [-0.39, 0.29) is 0 Å². The average Bonchev–Trinajstić information content (AvgIpc) is 2.03. The van der Waals surface area contributed by atoms with Crippen LogP contribution in [-0.2, 0) is 0 Å². The molecule has 0 amide bonds. The van der Waals surface area contributed by atoms with Crippen molar-refractivity contribution in [3.05, 3.63) is 29.3 Å². The summed E-state index contributed by atoms with van der Waals surface area (Å²) in [4.78, 5) is 2.60. The fraction of sp³-hybridized carbons (Fsp3) is 0.273. The van der Waals surface area contributed by atoms with Crippen LogP contribution < -0.4 is 4.74 Å². The quantitative estimate of drug-likeness (QED) is 0.721. The Labute approximate surface area is 87.2 Å². The van der Waals surface area contributed by atoms with Crippen molar-refractivity contribution in [3.63, 3.8) is 0 Å². The third-order valence-corrected chi connectivity index (χ3v) is 1.85. The molecule has 0 saturated carbocycles. The molecule has 0 aliphatic heterocycles. The van der Waals surface area contributed by atoms with E-state index in [1.165, 1.54) is 11.1 Å². The van der Waals surface area contributed by atoms with Crippen molar-refractivity contribution in [1.29, 1.82) is 0 Å². The van der Waals surface area contributed by atoms with Crippen molar-refractivity contribution in [2.45, 2.75) is 13.8 Å². The Balaban J connectivity index is 2.69. The van der Waals surface area contributed by atoms with E-state index in [0.29, 0.717) is 6.61 Å². The van der Waals surface area contributed by atoms with E-state index in [4.69, 9.17) is 4.74 Å². The van der Waals surface area contributed by atoms with Crippen LogP contribution in [0.4, 0.5) is 0 Å². The molecule has 1 aromatic carbocycles. The van der Waals surface area contributed by atoms with E-state index >= 15 is 0 Å². The highest BCUT2D eigenvalue weighted by molar-refractivity contribution is 9.12. The normalized spacial score (nSPS) is 8.85. The minimum Gasteiger partial charge on any atom is -0.481 e. The number of hydrogen-bond donors (Lipinski definition) is 0. The van der Waals surface area contributed by atoms with Crippen molar-refractivity contribution in [2.24, 2.45) is 0 Å². The van der Waals surface area contributed by atoms with E-state index in [1.54, 1.807) is 0 Å². The zero-order valence-corrected chi connectivity index (χ0v) is 9.31. The second-order valence-electron chi connectivity index (χ2n) is 2.88. The Morgan fingerprint density at radius 2 is 1.85 bits per heavy atom. The highest BCUT2D eigenvalue weighted by atomic mass is 79.9. The fourth-order valence-corrected chi connectivity index (χ4v) is 1.28. The van der Waals surface area contributed by atoms with Crippen LogP contribution in [0.25, 0.3) is 0 Å². The highest BCUT2D eigenvalue weighted by Gasteiger charge is 1.94. The summed E-state index contributed by atoms with van der Waals surface area (Å²) < 4.78 is 5.40. The van der Waals surface area contributed by atoms with Gasteiger partial charge in [0.2, 0.25) is 0 Å². The number of ether oxygens (including phenoxy) is 1. The molecule has 0 aliphatic rings. The molecule has 0 aliphatic carbocycles. The molecule has 0 bridgehead atoms. The van der Waals surface area contributed by atoms with Gasteiger partial charge in [-0.1, -0.05) is 6.07 Å². The molecule has 68 valence electrons. The number of benzene rings is 1. The van der Waals surface area contributed by atoms with E-state index < -0.39 is 0 Å².